The third kappa shape index (κ3) is 7.31. The fourth-order valence-electron chi connectivity index (χ4n) is 4.31. The lowest BCUT2D eigenvalue weighted by Gasteiger charge is -2.33. The van der Waals surface area contributed by atoms with Crippen LogP contribution in [-0.2, 0) is 0 Å². The summed E-state index contributed by atoms with van der Waals surface area (Å²) in [4.78, 5) is 7.17. The van der Waals surface area contributed by atoms with Gasteiger partial charge in [-0.2, -0.15) is 0 Å². The molecule has 0 saturated carbocycles. The third-order valence-corrected chi connectivity index (χ3v) is 5.83. The van der Waals surface area contributed by atoms with Crippen LogP contribution in [0.1, 0.15) is 63.5 Å². The van der Waals surface area contributed by atoms with Crippen molar-refractivity contribution in [2.45, 2.75) is 66.2 Å². The van der Waals surface area contributed by atoms with E-state index in [4.69, 9.17) is 5.73 Å². The monoisotopic (exact) mass is 384 g/mol. The number of nitrogens with zero attached hydrogens (tertiary/aromatic N) is 2. The molecule has 28 heavy (non-hydrogen) atoms. The van der Waals surface area contributed by atoms with Crippen molar-refractivity contribution >= 4 is 11.5 Å². The first kappa shape index (κ1) is 22.5. The fourth-order valence-corrected chi connectivity index (χ4v) is 4.31. The molecule has 1 aromatic rings. The summed E-state index contributed by atoms with van der Waals surface area (Å²) >= 11 is 0. The van der Waals surface area contributed by atoms with E-state index >= 15 is 0 Å². The Morgan fingerprint density at radius 2 is 1.96 bits per heavy atom. The van der Waals surface area contributed by atoms with Crippen molar-refractivity contribution in [3.8, 4) is 0 Å². The average molecular weight is 385 g/mol. The van der Waals surface area contributed by atoms with E-state index in [1.54, 1.807) is 0 Å². The van der Waals surface area contributed by atoms with E-state index in [1.807, 2.05) is 0 Å². The molecular weight excluding hydrogens is 344 g/mol. The molecule has 156 valence electrons. The Kier molecular flexibility index (Phi) is 9.04. The quantitative estimate of drug-likeness (QED) is 0.415. The summed E-state index contributed by atoms with van der Waals surface area (Å²) in [5.74, 6) is 2.52. The van der Waals surface area contributed by atoms with Crippen LogP contribution in [0.25, 0.3) is 0 Å². The zero-order valence-corrected chi connectivity index (χ0v) is 18.4. The van der Waals surface area contributed by atoms with E-state index in [9.17, 15) is 0 Å². The summed E-state index contributed by atoms with van der Waals surface area (Å²) in [7, 11) is 0. The third-order valence-electron chi connectivity index (χ3n) is 5.83. The van der Waals surface area contributed by atoms with Gasteiger partial charge < -0.3 is 16.0 Å². The molecule has 1 saturated heterocycles. The van der Waals surface area contributed by atoms with Gasteiger partial charge in [0.05, 0.1) is 0 Å². The highest BCUT2D eigenvalue weighted by Crippen LogP contribution is 2.21. The second kappa shape index (κ2) is 11.3. The summed E-state index contributed by atoms with van der Waals surface area (Å²) in [6.07, 6.45) is 7.54. The van der Waals surface area contributed by atoms with Crippen LogP contribution >= 0.6 is 0 Å². The Labute approximate surface area is 172 Å². The highest BCUT2D eigenvalue weighted by atomic mass is 15.1. The van der Waals surface area contributed by atoms with Crippen LogP contribution in [0.2, 0.25) is 0 Å². The van der Waals surface area contributed by atoms with Crippen molar-refractivity contribution < 1.29 is 0 Å². The first-order valence-electron chi connectivity index (χ1n) is 11.0. The number of nitrogens with one attached hydrogen (secondary N) is 1. The summed E-state index contributed by atoms with van der Waals surface area (Å²) in [6, 6.07) is 6.37. The molecule has 2 unspecified atom stereocenters. The smallest absolute Gasteiger partial charge is 0.125 e. The molecule has 4 heteroatoms. The predicted molar refractivity (Wildman–Crippen MR) is 123 cm³/mol. The molecule has 1 aliphatic rings. The number of aryl methyl sites for hydroxylation is 2. The zero-order chi connectivity index (χ0) is 20.5. The molecule has 1 fully saturated rings. The van der Waals surface area contributed by atoms with Gasteiger partial charge in [0.25, 0.3) is 0 Å². The Balaban J connectivity index is 1.89. The highest BCUT2D eigenvalue weighted by molar-refractivity contribution is 5.84. The molecule has 1 aliphatic heterocycles. The molecule has 0 amide bonds. The second-order valence-electron chi connectivity index (χ2n) is 8.48. The number of amidine groups is 1. The molecule has 2 rings (SSSR count). The summed E-state index contributed by atoms with van der Waals surface area (Å²) in [5.41, 5.74) is 9.85. The molecule has 0 aromatic heterocycles. The topological polar surface area (TPSA) is 53.6 Å². The van der Waals surface area contributed by atoms with Gasteiger partial charge in [-0.3, -0.25) is 0 Å². The molecule has 0 bridgehead atoms. The first-order chi connectivity index (χ1) is 13.4. The first-order valence-corrected chi connectivity index (χ1v) is 11.0. The van der Waals surface area contributed by atoms with Crippen molar-refractivity contribution in [2.75, 3.05) is 25.0 Å². The van der Waals surface area contributed by atoms with Crippen molar-refractivity contribution in [3.63, 3.8) is 0 Å². The number of benzene rings is 1. The van der Waals surface area contributed by atoms with E-state index in [0.29, 0.717) is 17.6 Å². The number of anilines is 1. The van der Waals surface area contributed by atoms with Gasteiger partial charge in [0, 0.05) is 18.2 Å². The van der Waals surface area contributed by atoms with Crippen molar-refractivity contribution in [2.24, 2.45) is 22.6 Å². The molecule has 0 spiro atoms. The normalized spacial score (nSPS) is 19.4. The number of rotatable bonds is 10. The average Bonchev–Trinajstić information content (AvgIpc) is 2.64. The van der Waals surface area contributed by atoms with Gasteiger partial charge in [-0.1, -0.05) is 45.8 Å². The van der Waals surface area contributed by atoms with Gasteiger partial charge in [0.15, 0.2) is 0 Å². The number of aliphatic imine (C=N–C) groups is 1. The van der Waals surface area contributed by atoms with E-state index in [1.165, 1.54) is 56.3 Å². The number of likely N-dealkylation sites (tertiary alicyclic amines) is 1. The maximum Gasteiger partial charge on any atom is 0.125 e. The molecule has 0 aliphatic carbocycles. The van der Waals surface area contributed by atoms with E-state index in [-0.39, 0.29) is 0 Å². The fraction of sp³-hybridized carbons (Fsp3) is 0.625. The molecule has 2 atom stereocenters. The predicted octanol–water partition coefficient (Wildman–Crippen LogP) is 5.47. The lowest BCUT2D eigenvalue weighted by atomic mass is 9.94. The van der Waals surface area contributed by atoms with Gasteiger partial charge in [-0.05, 0) is 75.4 Å². The number of piperidine rings is 1. The Hall–Kier alpha value is -1.81. The Morgan fingerprint density at radius 1 is 1.25 bits per heavy atom. The van der Waals surface area contributed by atoms with E-state index in [2.05, 4.69) is 67.7 Å². The maximum absolute atomic E-state index is 6.38. The lowest BCUT2D eigenvalue weighted by molar-refractivity contribution is 0.188. The number of nitrogens with two attached hydrogens (primary N) is 1. The second-order valence-corrected chi connectivity index (χ2v) is 8.48. The van der Waals surface area contributed by atoms with Crippen LogP contribution in [0.5, 0.6) is 0 Å². The van der Waals surface area contributed by atoms with Gasteiger partial charge in [0.1, 0.15) is 11.7 Å². The van der Waals surface area contributed by atoms with E-state index < -0.39 is 0 Å². The highest BCUT2D eigenvalue weighted by Gasteiger charge is 2.23. The van der Waals surface area contributed by atoms with Crippen molar-refractivity contribution in [1.82, 2.24) is 4.90 Å². The lowest BCUT2D eigenvalue weighted by Crippen LogP contribution is -2.42. The van der Waals surface area contributed by atoms with Gasteiger partial charge in [-0.15, -0.1) is 0 Å². The van der Waals surface area contributed by atoms with Crippen LogP contribution in [0.15, 0.2) is 35.6 Å². The standard InChI is InChI=1S/C24H40N4/c1-6-9-21(7-2)11-13-28-12-8-10-22(17-28)24(25)27-20(5)26-23-15-18(3)14-19(4)16-23/h14-16,21-22,26H,5-13,17H2,1-4H3,(H2,25,27). The van der Waals surface area contributed by atoms with Crippen LogP contribution in [0, 0.1) is 25.7 Å². The van der Waals surface area contributed by atoms with Crippen molar-refractivity contribution in [1.29, 1.82) is 0 Å². The number of hydrogen-bond acceptors (Lipinski definition) is 3. The largest absolute Gasteiger partial charge is 0.387 e. The minimum atomic E-state index is 0.331. The van der Waals surface area contributed by atoms with Crippen LogP contribution in [0.4, 0.5) is 5.69 Å². The maximum atomic E-state index is 6.38. The minimum absolute atomic E-state index is 0.331. The van der Waals surface area contributed by atoms with Gasteiger partial charge in [0.2, 0.25) is 0 Å². The summed E-state index contributed by atoms with van der Waals surface area (Å²) in [5, 5.41) is 3.29. The number of hydrogen-bond donors (Lipinski definition) is 2. The summed E-state index contributed by atoms with van der Waals surface area (Å²) < 4.78 is 0. The van der Waals surface area contributed by atoms with Gasteiger partial charge in [-0.25, -0.2) is 4.99 Å². The van der Waals surface area contributed by atoms with Crippen LogP contribution < -0.4 is 11.1 Å². The molecular formula is C24H40N4. The molecule has 3 N–H and O–H groups in total. The Morgan fingerprint density at radius 3 is 2.61 bits per heavy atom. The van der Waals surface area contributed by atoms with Crippen LogP contribution in [-0.4, -0.2) is 30.4 Å². The SMILES string of the molecule is C=C(/N=C(\N)C1CCCN(CCC(CC)CCC)C1)Nc1cc(C)cc(C)c1. The zero-order valence-electron chi connectivity index (χ0n) is 18.4. The molecule has 4 nitrogen and oxygen atoms in total. The molecule has 1 heterocycles. The summed E-state index contributed by atoms with van der Waals surface area (Å²) in [6.45, 7) is 16.3. The van der Waals surface area contributed by atoms with Gasteiger partial charge >= 0.3 is 0 Å². The van der Waals surface area contributed by atoms with Crippen molar-refractivity contribution in [3.05, 3.63) is 41.7 Å². The minimum Gasteiger partial charge on any atom is -0.387 e. The van der Waals surface area contributed by atoms with Crippen LogP contribution in [0.3, 0.4) is 0 Å². The molecule has 0 radical (unpaired) electrons. The Bertz CT molecular complexity index is 644. The van der Waals surface area contributed by atoms with E-state index in [0.717, 1.165) is 24.6 Å². The molecule has 1 aromatic carbocycles.